The molecule has 4 rings (SSSR count). The molecule has 3 atom stereocenters. The number of likely N-dealkylation sites (tertiary alicyclic amines) is 1. The summed E-state index contributed by atoms with van der Waals surface area (Å²) >= 11 is 0. The number of nitriles is 1. The Labute approximate surface area is 218 Å². The van der Waals surface area contributed by atoms with Crippen molar-refractivity contribution in [2.24, 2.45) is 11.8 Å². The summed E-state index contributed by atoms with van der Waals surface area (Å²) in [6, 6.07) is 13.2. The van der Waals surface area contributed by atoms with Gasteiger partial charge in [-0.3, -0.25) is 9.69 Å². The van der Waals surface area contributed by atoms with Gasteiger partial charge in [0.25, 0.3) is 0 Å². The van der Waals surface area contributed by atoms with Crippen molar-refractivity contribution in [3.05, 3.63) is 65.0 Å². The summed E-state index contributed by atoms with van der Waals surface area (Å²) in [7, 11) is 0. The van der Waals surface area contributed by atoms with E-state index in [2.05, 4.69) is 16.7 Å². The van der Waals surface area contributed by atoms with Crippen molar-refractivity contribution in [1.82, 2.24) is 10.2 Å². The lowest BCUT2D eigenvalue weighted by Gasteiger charge is -2.28. The molecule has 2 aromatic carbocycles. The zero-order valence-electron chi connectivity index (χ0n) is 21.9. The maximum absolute atomic E-state index is 14.9. The molecule has 1 aliphatic carbocycles. The third-order valence-corrected chi connectivity index (χ3v) is 6.68. The Kier molecular flexibility index (Phi) is 7.84. The standard InChI is InChI=1S/C29H35FN4O3/c1-18-12-25(34(17-18)28(36)37-29(2,3)4)27(35)33-24-14-22(10-11-23(24)30)26(32-16-19-8-9-19)21-7-5-6-20(13-21)15-31/h5-7,10-11,13-14,18-19,25-26,32H,8-9,12,16-17H2,1-4H3,(H,33,35)/t18-,25-,26-/m1/s1. The molecule has 2 fully saturated rings. The maximum Gasteiger partial charge on any atom is 0.410 e. The van der Waals surface area contributed by atoms with Crippen molar-refractivity contribution >= 4 is 17.7 Å². The molecule has 0 spiro atoms. The molecular weight excluding hydrogens is 471 g/mol. The zero-order valence-corrected chi connectivity index (χ0v) is 21.9. The first-order chi connectivity index (χ1) is 17.5. The quantitative estimate of drug-likeness (QED) is 0.527. The minimum atomic E-state index is -0.746. The van der Waals surface area contributed by atoms with Crippen molar-refractivity contribution in [2.45, 2.75) is 64.6 Å². The molecule has 1 heterocycles. The van der Waals surface area contributed by atoms with Gasteiger partial charge in [-0.25, -0.2) is 9.18 Å². The van der Waals surface area contributed by atoms with Crippen LogP contribution in [-0.2, 0) is 9.53 Å². The van der Waals surface area contributed by atoms with Crippen LogP contribution in [0.1, 0.15) is 69.7 Å². The maximum atomic E-state index is 14.9. The number of rotatable bonds is 7. The molecule has 0 bridgehead atoms. The minimum Gasteiger partial charge on any atom is -0.444 e. The third-order valence-electron chi connectivity index (χ3n) is 6.68. The van der Waals surface area contributed by atoms with E-state index in [1.165, 1.54) is 23.8 Å². The molecule has 8 heteroatoms. The van der Waals surface area contributed by atoms with Crippen molar-refractivity contribution < 1.29 is 18.7 Å². The van der Waals surface area contributed by atoms with Crippen LogP contribution < -0.4 is 10.6 Å². The normalized spacial score (nSPS) is 20.3. The first-order valence-electron chi connectivity index (χ1n) is 12.9. The van der Waals surface area contributed by atoms with Crippen LogP contribution >= 0.6 is 0 Å². The van der Waals surface area contributed by atoms with Crippen molar-refractivity contribution in [3.8, 4) is 6.07 Å². The van der Waals surface area contributed by atoms with Gasteiger partial charge in [0.05, 0.1) is 23.4 Å². The molecule has 37 heavy (non-hydrogen) atoms. The Morgan fingerprint density at radius 1 is 1.19 bits per heavy atom. The number of benzene rings is 2. The lowest BCUT2D eigenvalue weighted by molar-refractivity contribution is -0.120. The van der Waals surface area contributed by atoms with Crippen LogP contribution in [0.15, 0.2) is 42.5 Å². The van der Waals surface area contributed by atoms with Gasteiger partial charge in [-0.1, -0.05) is 25.1 Å². The van der Waals surface area contributed by atoms with E-state index in [9.17, 15) is 19.2 Å². The van der Waals surface area contributed by atoms with E-state index in [1.54, 1.807) is 39.0 Å². The number of hydrogen-bond donors (Lipinski definition) is 2. The number of nitrogens with zero attached hydrogens (tertiary/aromatic N) is 2. The molecule has 0 aromatic heterocycles. The SMILES string of the molecule is C[C@@H]1C[C@H](C(=O)Nc2cc([C@H](NCC3CC3)c3cccc(C#N)c3)ccc2F)N(C(=O)OC(C)(C)C)C1. The smallest absolute Gasteiger partial charge is 0.410 e. The number of ether oxygens (including phenoxy) is 1. The highest BCUT2D eigenvalue weighted by Gasteiger charge is 2.40. The molecule has 0 unspecified atom stereocenters. The van der Waals surface area contributed by atoms with Crippen LogP contribution in [0.3, 0.4) is 0 Å². The molecular formula is C29H35FN4O3. The lowest BCUT2D eigenvalue weighted by atomic mass is 9.96. The predicted octanol–water partition coefficient (Wildman–Crippen LogP) is 5.37. The molecule has 196 valence electrons. The number of nitrogens with one attached hydrogen (secondary N) is 2. The molecule has 1 saturated carbocycles. The van der Waals surface area contributed by atoms with Gasteiger partial charge < -0.3 is 15.4 Å². The summed E-state index contributed by atoms with van der Waals surface area (Å²) in [5, 5.41) is 15.6. The second-order valence-corrected chi connectivity index (χ2v) is 11.2. The molecule has 2 N–H and O–H groups in total. The van der Waals surface area contributed by atoms with Crippen LogP contribution in [0.5, 0.6) is 0 Å². The minimum absolute atomic E-state index is 0.0563. The Hall–Kier alpha value is -3.44. The zero-order chi connectivity index (χ0) is 26.7. The van der Waals surface area contributed by atoms with Crippen LogP contribution in [0.2, 0.25) is 0 Å². The summed E-state index contributed by atoms with van der Waals surface area (Å²) in [6.07, 6.45) is 2.28. The van der Waals surface area contributed by atoms with E-state index in [-0.39, 0.29) is 17.6 Å². The largest absolute Gasteiger partial charge is 0.444 e. The highest BCUT2D eigenvalue weighted by Crippen LogP contribution is 2.32. The topological polar surface area (TPSA) is 94.5 Å². The molecule has 1 aliphatic heterocycles. The van der Waals surface area contributed by atoms with Gasteiger partial charge in [0.15, 0.2) is 0 Å². The van der Waals surface area contributed by atoms with E-state index in [4.69, 9.17) is 4.74 Å². The van der Waals surface area contributed by atoms with Gasteiger partial charge in [-0.05, 0) is 93.8 Å². The Morgan fingerprint density at radius 3 is 2.59 bits per heavy atom. The number of carbonyl (C=O) groups is 2. The van der Waals surface area contributed by atoms with E-state index < -0.39 is 29.5 Å². The number of carbonyl (C=O) groups excluding carboxylic acids is 2. The van der Waals surface area contributed by atoms with Gasteiger partial charge in [-0.2, -0.15) is 5.26 Å². The highest BCUT2D eigenvalue weighted by molar-refractivity contribution is 5.97. The molecule has 2 amide bonds. The Bertz CT molecular complexity index is 1200. The molecule has 0 radical (unpaired) electrons. The van der Waals surface area contributed by atoms with Crippen molar-refractivity contribution in [2.75, 3.05) is 18.4 Å². The number of amides is 2. The average molecular weight is 507 g/mol. The monoisotopic (exact) mass is 506 g/mol. The van der Waals surface area contributed by atoms with Crippen molar-refractivity contribution in [3.63, 3.8) is 0 Å². The average Bonchev–Trinajstić information content (AvgIpc) is 3.58. The summed E-state index contributed by atoms with van der Waals surface area (Å²) in [5.41, 5.74) is 1.58. The highest BCUT2D eigenvalue weighted by atomic mass is 19.1. The summed E-state index contributed by atoms with van der Waals surface area (Å²) in [4.78, 5) is 27.4. The first kappa shape index (κ1) is 26.6. The molecule has 7 nitrogen and oxygen atoms in total. The van der Waals surface area contributed by atoms with Gasteiger partial charge in [0.2, 0.25) is 5.91 Å². The number of halogens is 1. The first-order valence-corrected chi connectivity index (χ1v) is 12.9. The number of anilines is 1. The van der Waals surface area contributed by atoms with Crippen molar-refractivity contribution in [1.29, 1.82) is 5.26 Å². The Balaban J connectivity index is 1.57. The van der Waals surface area contributed by atoms with Gasteiger partial charge in [-0.15, -0.1) is 0 Å². The fourth-order valence-corrected chi connectivity index (χ4v) is 4.67. The van der Waals surface area contributed by atoms with E-state index >= 15 is 0 Å². The van der Waals surface area contributed by atoms with E-state index in [0.29, 0.717) is 24.4 Å². The molecule has 2 aliphatic rings. The molecule has 2 aromatic rings. The lowest BCUT2D eigenvalue weighted by Crippen LogP contribution is -2.45. The second-order valence-electron chi connectivity index (χ2n) is 11.2. The van der Waals surface area contributed by atoms with Crippen LogP contribution in [0.4, 0.5) is 14.9 Å². The second kappa shape index (κ2) is 10.9. The van der Waals surface area contributed by atoms with Gasteiger partial charge in [0.1, 0.15) is 17.5 Å². The number of hydrogen-bond acceptors (Lipinski definition) is 5. The predicted molar refractivity (Wildman–Crippen MR) is 139 cm³/mol. The Morgan fingerprint density at radius 2 is 1.92 bits per heavy atom. The summed E-state index contributed by atoms with van der Waals surface area (Å²) < 4.78 is 20.4. The fourth-order valence-electron chi connectivity index (χ4n) is 4.67. The molecule has 1 saturated heterocycles. The van der Waals surface area contributed by atoms with Gasteiger partial charge in [0, 0.05) is 6.54 Å². The summed E-state index contributed by atoms with van der Waals surface area (Å²) in [5.74, 6) is -0.272. The van der Waals surface area contributed by atoms with E-state index in [0.717, 1.165) is 17.7 Å². The van der Waals surface area contributed by atoms with Crippen LogP contribution in [0.25, 0.3) is 0 Å². The third kappa shape index (κ3) is 6.86. The van der Waals surface area contributed by atoms with E-state index in [1.807, 2.05) is 25.1 Å². The summed E-state index contributed by atoms with van der Waals surface area (Å²) in [6.45, 7) is 8.52. The fraction of sp³-hybridized carbons (Fsp3) is 0.483. The van der Waals surface area contributed by atoms with Crippen LogP contribution in [0, 0.1) is 29.0 Å². The van der Waals surface area contributed by atoms with Crippen LogP contribution in [-0.4, -0.2) is 41.6 Å². The van der Waals surface area contributed by atoms with Gasteiger partial charge >= 0.3 is 6.09 Å².